The topological polar surface area (TPSA) is 97.4 Å². The van der Waals surface area contributed by atoms with E-state index in [1.54, 1.807) is 24.4 Å². The molecule has 1 amide bonds. The highest BCUT2D eigenvalue weighted by atomic mass is 32.2. The number of sulfonamides is 1. The van der Waals surface area contributed by atoms with E-state index >= 15 is 0 Å². The lowest BCUT2D eigenvalue weighted by Crippen LogP contribution is -2.25. The third-order valence-electron chi connectivity index (χ3n) is 4.74. The Morgan fingerprint density at radius 2 is 1.81 bits per heavy atom. The van der Waals surface area contributed by atoms with Crippen molar-refractivity contribution in [2.45, 2.75) is 37.8 Å². The maximum atomic E-state index is 12.7. The number of hydrogen-bond acceptors (Lipinski definition) is 5. The molecule has 2 N–H and O–H groups in total. The molecule has 0 aliphatic heterocycles. The van der Waals surface area contributed by atoms with Crippen molar-refractivity contribution in [3.63, 3.8) is 0 Å². The summed E-state index contributed by atoms with van der Waals surface area (Å²) in [6.07, 6.45) is 3.57. The van der Waals surface area contributed by atoms with Crippen molar-refractivity contribution >= 4 is 15.9 Å². The van der Waals surface area contributed by atoms with Crippen LogP contribution in [-0.4, -0.2) is 25.9 Å². The van der Waals surface area contributed by atoms with E-state index in [4.69, 9.17) is 4.74 Å². The number of nitrogens with zero attached hydrogens (tertiary/aromatic N) is 1. The van der Waals surface area contributed by atoms with Crippen LogP contribution in [0.15, 0.2) is 77.8 Å². The van der Waals surface area contributed by atoms with Crippen LogP contribution < -0.4 is 14.8 Å². The molecule has 0 atom stereocenters. The van der Waals surface area contributed by atoms with E-state index in [1.165, 1.54) is 12.1 Å². The molecule has 0 fully saturated rings. The Morgan fingerprint density at radius 3 is 2.59 bits per heavy atom. The highest BCUT2D eigenvalue weighted by molar-refractivity contribution is 7.89. The van der Waals surface area contributed by atoms with Gasteiger partial charge in [0.2, 0.25) is 15.9 Å². The molecule has 3 aromatic rings. The Morgan fingerprint density at radius 1 is 1.00 bits per heavy atom. The van der Waals surface area contributed by atoms with E-state index in [2.05, 4.69) is 21.9 Å². The van der Waals surface area contributed by atoms with Crippen LogP contribution in [0.4, 0.5) is 0 Å². The monoisotopic (exact) mass is 453 g/mol. The highest BCUT2D eigenvalue weighted by Crippen LogP contribution is 2.16. The maximum absolute atomic E-state index is 12.7. The molecule has 168 valence electrons. The van der Waals surface area contributed by atoms with Gasteiger partial charge in [-0.2, -0.15) is 0 Å². The fraction of sp³-hybridized carbons (Fsp3) is 0.250. The SMILES string of the molecule is CCCCOc1ncccc1CNC(=O)c1cccc(S(=O)(=O)NCc2ccccc2)c1. The summed E-state index contributed by atoms with van der Waals surface area (Å²) in [6.45, 7) is 3.03. The van der Waals surface area contributed by atoms with Gasteiger partial charge in [0.05, 0.1) is 11.5 Å². The van der Waals surface area contributed by atoms with E-state index in [9.17, 15) is 13.2 Å². The number of ether oxygens (including phenoxy) is 1. The fourth-order valence-electron chi connectivity index (χ4n) is 2.94. The third kappa shape index (κ3) is 6.63. The van der Waals surface area contributed by atoms with Gasteiger partial charge in [-0.15, -0.1) is 0 Å². The number of carbonyl (C=O) groups excluding carboxylic acids is 1. The van der Waals surface area contributed by atoms with Crippen molar-refractivity contribution in [3.8, 4) is 5.88 Å². The van der Waals surface area contributed by atoms with Crippen LogP contribution in [-0.2, 0) is 23.1 Å². The Bertz CT molecular complexity index is 1130. The lowest BCUT2D eigenvalue weighted by atomic mass is 10.2. The number of amides is 1. The van der Waals surface area contributed by atoms with Gasteiger partial charge in [0, 0.05) is 30.4 Å². The summed E-state index contributed by atoms with van der Waals surface area (Å²) < 4.78 is 33.6. The standard InChI is InChI=1S/C24H27N3O4S/c1-2-3-15-31-24-21(12-8-14-25-24)18-26-23(28)20-11-7-13-22(16-20)32(29,30)27-17-19-9-5-4-6-10-19/h4-14,16,27H,2-3,15,17-18H2,1H3,(H,26,28). The summed E-state index contributed by atoms with van der Waals surface area (Å²) in [5.41, 5.74) is 1.86. The zero-order chi connectivity index (χ0) is 22.8. The van der Waals surface area contributed by atoms with Gasteiger partial charge in [-0.25, -0.2) is 18.1 Å². The minimum atomic E-state index is -3.76. The van der Waals surface area contributed by atoms with Crippen LogP contribution in [0.1, 0.15) is 41.3 Å². The lowest BCUT2D eigenvalue weighted by Gasteiger charge is -2.11. The second-order valence-electron chi connectivity index (χ2n) is 7.19. The summed E-state index contributed by atoms with van der Waals surface area (Å²) in [6, 6.07) is 18.8. The minimum absolute atomic E-state index is 0.0334. The smallest absolute Gasteiger partial charge is 0.251 e. The van der Waals surface area contributed by atoms with Crippen molar-refractivity contribution in [2.24, 2.45) is 0 Å². The first-order valence-corrected chi connectivity index (χ1v) is 12.0. The first-order valence-electron chi connectivity index (χ1n) is 10.5. The number of benzene rings is 2. The normalized spacial score (nSPS) is 11.2. The first-order chi connectivity index (χ1) is 15.5. The number of aromatic nitrogens is 1. The molecule has 0 bridgehead atoms. The number of hydrogen-bond donors (Lipinski definition) is 2. The van der Waals surface area contributed by atoms with Crippen molar-refractivity contribution in [3.05, 3.63) is 89.6 Å². The number of unbranched alkanes of at least 4 members (excludes halogenated alkanes) is 1. The van der Waals surface area contributed by atoms with Crippen LogP contribution in [0, 0.1) is 0 Å². The summed E-state index contributed by atoms with van der Waals surface area (Å²) in [4.78, 5) is 16.9. The number of nitrogens with one attached hydrogen (secondary N) is 2. The van der Waals surface area contributed by atoms with Crippen LogP contribution >= 0.6 is 0 Å². The van der Waals surface area contributed by atoms with Gasteiger partial charge in [-0.3, -0.25) is 4.79 Å². The van der Waals surface area contributed by atoms with Crippen molar-refractivity contribution < 1.29 is 17.9 Å². The van der Waals surface area contributed by atoms with Crippen molar-refractivity contribution in [1.82, 2.24) is 15.0 Å². The van der Waals surface area contributed by atoms with Gasteiger partial charge in [-0.05, 0) is 36.2 Å². The first kappa shape index (κ1) is 23.4. The fourth-order valence-corrected chi connectivity index (χ4v) is 4.00. The van der Waals surface area contributed by atoms with Gasteiger partial charge in [0.1, 0.15) is 0 Å². The predicted octanol–water partition coefficient (Wildman–Crippen LogP) is 3.67. The number of carbonyl (C=O) groups is 1. The second-order valence-corrected chi connectivity index (χ2v) is 8.96. The number of rotatable bonds is 11. The molecule has 2 aromatic carbocycles. The van der Waals surface area contributed by atoms with Crippen molar-refractivity contribution in [1.29, 1.82) is 0 Å². The predicted molar refractivity (Wildman–Crippen MR) is 123 cm³/mol. The van der Waals surface area contributed by atoms with Crippen LogP contribution in [0.3, 0.4) is 0 Å². The summed E-state index contributed by atoms with van der Waals surface area (Å²) >= 11 is 0. The average molecular weight is 454 g/mol. The zero-order valence-corrected chi connectivity index (χ0v) is 18.8. The molecule has 1 heterocycles. The van der Waals surface area contributed by atoms with Gasteiger partial charge < -0.3 is 10.1 Å². The lowest BCUT2D eigenvalue weighted by molar-refractivity contribution is 0.0950. The molecule has 8 heteroatoms. The van der Waals surface area contributed by atoms with Gasteiger partial charge in [-0.1, -0.05) is 55.8 Å². The van der Waals surface area contributed by atoms with E-state index in [0.717, 1.165) is 24.0 Å². The average Bonchev–Trinajstić information content (AvgIpc) is 2.83. The van der Waals surface area contributed by atoms with Gasteiger partial charge in [0.25, 0.3) is 5.91 Å². The highest BCUT2D eigenvalue weighted by Gasteiger charge is 2.16. The molecular weight excluding hydrogens is 426 g/mol. The molecule has 1 aromatic heterocycles. The molecular formula is C24H27N3O4S. The van der Waals surface area contributed by atoms with E-state index in [1.807, 2.05) is 36.4 Å². The molecule has 0 radical (unpaired) electrons. The largest absolute Gasteiger partial charge is 0.477 e. The molecule has 0 saturated heterocycles. The van der Waals surface area contributed by atoms with Crippen LogP contribution in [0.2, 0.25) is 0 Å². The van der Waals surface area contributed by atoms with Crippen molar-refractivity contribution in [2.75, 3.05) is 6.61 Å². The molecule has 0 aliphatic carbocycles. The Balaban J connectivity index is 1.64. The Labute approximate surface area is 188 Å². The molecule has 7 nitrogen and oxygen atoms in total. The molecule has 0 spiro atoms. The third-order valence-corrected chi connectivity index (χ3v) is 6.14. The summed E-state index contributed by atoms with van der Waals surface area (Å²) in [7, 11) is -3.76. The van der Waals surface area contributed by atoms with E-state index in [0.29, 0.717) is 12.5 Å². The minimum Gasteiger partial charge on any atom is -0.477 e. The van der Waals surface area contributed by atoms with E-state index < -0.39 is 10.0 Å². The molecule has 32 heavy (non-hydrogen) atoms. The molecule has 3 rings (SSSR count). The summed E-state index contributed by atoms with van der Waals surface area (Å²) in [5, 5.41) is 2.81. The molecule has 0 aliphatic rings. The summed E-state index contributed by atoms with van der Waals surface area (Å²) in [5.74, 6) is 0.108. The van der Waals surface area contributed by atoms with Crippen LogP contribution in [0.25, 0.3) is 0 Å². The quantitative estimate of drug-likeness (QED) is 0.432. The van der Waals surface area contributed by atoms with Crippen LogP contribution in [0.5, 0.6) is 5.88 Å². The molecule has 0 saturated carbocycles. The second kappa shape index (κ2) is 11.4. The van der Waals surface area contributed by atoms with E-state index in [-0.39, 0.29) is 29.5 Å². The Kier molecular flexibility index (Phi) is 8.35. The van der Waals surface area contributed by atoms with Gasteiger partial charge in [0.15, 0.2) is 0 Å². The van der Waals surface area contributed by atoms with Gasteiger partial charge >= 0.3 is 0 Å². The number of pyridine rings is 1. The zero-order valence-electron chi connectivity index (χ0n) is 18.0. The maximum Gasteiger partial charge on any atom is 0.251 e. The Hall–Kier alpha value is -3.23. The molecule has 0 unspecified atom stereocenters.